The minimum absolute atomic E-state index is 0.176. The number of rotatable bonds is 3. The molecule has 90 valence electrons. The molecular formula is C14H19N3. The number of nitrogens with zero attached hydrogens (tertiary/aromatic N) is 2. The van der Waals surface area contributed by atoms with Crippen molar-refractivity contribution in [1.29, 1.82) is 0 Å². The molecule has 3 nitrogen and oxygen atoms in total. The molecule has 0 amide bonds. The number of nitrogens with two attached hydrogens (primary N) is 1. The van der Waals surface area contributed by atoms with Gasteiger partial charge in [-0.15, -0.1) is 0 Å². The lowest BCUT2D eigenvalue weighted by atomic mass is 9.92. The molecule has 0 aliphatic heterocycles. The zero-order valence-corrected chi connectivity index (χ0v) is 10.6. The molecule has 1 heterocycles. The maximum Gasteiger partial charge on any atom is 0.117 e. The van der Waals surface area contributed by atoms with Crippen molar-refractivity contribution in [2.45, 2.75) is 19.8 Å². The Kier molecular flexibility index (Phi) is 3.29. The number of imidazole rings is 1. The van der Waals surface area contributed by atoms with Crippen LogP contribution in [0.3, 0.4) is 0 Å². The average molecular weight is 229 g/mol. The summed E-state index contributed by atoms with van der Waals surface area (Å²) < 4.78 is 2.04. The van der Waals surface area contributed by atoms with Crippen molar-refractivity contribution < 1.29 is 0 Å². The molecule has 0 bridgehead atoms. The number of hydrogen-bond acceptors (Lipinski definition) is 2. The smallest absolute Gasteiger partial charge is 0.117 e. The van der Waals surface area contributed by atoms with Crippen molar-refractivity contribution in [2.24, 2.45) is 12.8 Å². The first-order chi connectivity index (χ1) is 8.13. The van der Waals surface area contributed by atoms with Crippen molar-refractivity contribution in [3.63, 3.8) is 0 Å². The highest BCUT2D eigenvalue weighted by Crippen LogP contribution is 2.25. The molecule has 0 aliphatic rings. The highest BCUT2D eigenvalue weighted by atomic mass is 15.0. The molecule has 0 saturated heterocycles. The second kappa shape index (κ2) is 4.72. The van der Waals surface area contributed by atoms with Crippen molar-refractivity contribution in [1.82, 2.24) is 9.55 Å². The molecule has 17 heavy (non-hydrogen) atoms. The van der Waals surface area contributed by atoms with Gasteiger partial charge in [-0.2, -0.15) is 0 Å². The van der Waals surface area contributed by atoms with E-state index in [1.165, 1.54) is 16.7 Å². The summed E-state index contributed by atoms with van der Waals surface area (Å²) in [6.07, 6.45) is 3.78. The fourth-order valence-corrected chi connectivity index (χ4v) is 2.22. The second-order valence-corrected chi connectivity index (χ2v) is 4.54. The Morgan fingerprint density at radius 3 is 2.71 bits per heavy atom. The first-order valence-corrected chi connectivity index (χ1v) is 5.88. The average Bonchev–Trinajstić information content (AvgIpc) is 2.71. The number of aromatic nitrogens is 2. The van der Waals surface area contributed by atoms with Gasteiger partial charge in [0.25, 0.3) is 0 Å². The fourth-order valence-electron chi connectivity index (χ4n) is 2.22. The van der Waals surface area contributed by atoms with Gasteiger partial charge in [0, 0.05) is 26.0 Å². The van der Waals surface area contributed by atoms with E-state index in [0.717, 1.165) is 5.82 Å². The summed E-state index contributed by atoms with van der Waals surface area (Å²) in [5.74, 6) is 1.20. The maximum absolute atomic E-state index is 5.93. The summed E-state index contributed by atoms with van der Waals surface area (Å²) in [4.78, 5) is 4.42. The van der Waals surface area contributed by atoms with Gasteiger partial charge in [-0.05, 0) is 25.0 Å². The van der Waals surface area contributed by atoms with E-state index < -0.39 is 0 Å². The van der Waals surface area contributed by atoms with Gasteiger partial charge in [-0.25, -0.2) is 4.98 Å². The molecule has 0 aliphatic carbocycles. The summed E-state index contributed by atoms with van der Waals surface area (Å²) in [5.41, 5.74) is 9.74. The van der Waals surface area contributed by atoms with Gasteiger partial charge in [0.1, 0.15) is 5.82 Å². The van der Waals surface area contributed by atoms with Crippen LogP contribution in [-0.4, -0.2) is 16.1 Å². The van der Waals surface area contributed by atoms with Crippen molar-refractivity contribution in [3.05, 3.63) is 53.1 Å². The zero-order valence-electron chi connectivity index (χ0n) is 10.6. The van der Waals surface area contributed by atoms with Crippen LogP contribution in [0, 0.1) is 13.8 Å². The summed E-state index contributed by atoms with van der Waals surface area (Å²) in [5, 5.41) is 0. The Hall–Kier alpha value is -1.61. The predicted octanol–water partition coefficient (Wildman–Crippen LogP) is 2.13. The third-order valence-corrected chi connectivity index (χ3v) is 3.22. The molecule has 1 aromatic heterocycles. The number of benzene rings is 1. The van der Waals surface area contributed by atoms with Crippen LogP contribution in [0.4, 0.5) is 0 Å². The molecular weight excluding hydrogens is 210 g/mol. The van der Waals surface area contributed by atoms with Crippen LogP contribution in [0.2, 0.25) is 0 Å². The molecule has 1 aromatic carbocycles. The van der Waals surface area contributed by atoms with Crippen LogP contribution in [-0.2, 0) is 7.05 Å². The molecule has 0 radical (unpaired) electrons. The van der Waals surface area contributed by atoms with Crippen LogP contribution >= 0.6 is 0 Å². The van der Waals surface area contributed by atoms with E-state index in [-0.39, 0.29) is 5.92 Å². The highest BCUT2D eigenvalue weighted by molar-refractivity contribution is 5.37. The van der Waals surface area contributed by atoms with E-state index in [4.69, 9.17) is 5.73 Å². The molecule has 3 heteroatoms. The van der Waals surface area contributed by atoms with Gasteiger partial charge in [0.2, 0.25) is 0 Å². The molecule has 2 rings (SSSR count). The second-order valence-electron chi connectivity index (χ2n) is 4.54. The van der Waals surface area contributed by atoms with E-state index in [9.17, 15) is 0 Å². The molecule has 1 unspecified atom stereocenters. The summed E-state index contributed by atoms with van der Waals surface area (Å²) in [7, 11) is 2.01. The van der Waals surface area contributed by atoms with Crippen molar-refractivity contribution in [3.8, 4) is 0 Å². The Morgan fingerprint density at radius 1 is 1.35 bits per heavy atom. The Balaban J connectivity index is 2.49. The van der Waals surface area contributed by atoms with E-state index in [2.05, 4.69) is 37.0 Å². The van der Waals surface area contributed by atoms with E-state index in [0.29, 0.717) is 6.54 Å². The minimum atomic E-state index is 0.176. The number of aryl methyl sites for hydroxylation is 3. The van der Waals surface area contributed by atoms with Gasteiger partial charge >= 0.3 is 0 Å². The van der Waals surface area contributed by atoms with Gasteiger partial charge in [0.15, 0.2) is 0 Å². The predicted molar refractivity (Wildman–Crippen MR) is 70.0 cm³/mol. The highest BCUT2D eigenvalue weighted by Gasteiger charge is 2.18. The van der Waals surface area contributed by atoms with Crippen LogP contribution in [0.5, 0.6) is 0 Å². The lowest BCUT2D eigenvalue weighted by Gasteiger charge is -2.18. The molecule has 0 spiro atoms. The van der Waals surface area contributed by atoms with Gasteiger partial charge in [0.05, 0.1) is 5.92 Å². The van der Waals surface area contributed by atoms with Crippen LogP contribution in [0.1, 0.15) is 28.4 Å². The van der Waals surface area contributed by atoms with E-state index in [1.54, 1.807) is 0 Å². The van der Waals surface area contributed by atoms with Crippen LogP contribution in [0.15, 0.2) is 30.6 Å². The van der Waals surface area contributed by atoms with Crippen molar-refractivity contribution in [2.75, 3.05) is 6.54 Å². The SMILES string of the molecule is Cc1ccc(C)c(C(CN)c2nccn2C)c1. The molecule has 0 saturated carbocycles. The lowest BCUT2D eigenvalue weighted by molar-refractivity contribution is 0.695. The van der Waals surface area contributed by atoms with Gasteiger partial charge in [-0.3, -0.25) is 0 Å². The lowest BCUT2D eigenvalue weighted by Crippen LogP contribution is -2.18. The number of hydrogen-bond donors (Lipinski definition) is 1. The van der Waals surface area contributed by atoms with E-state index in [1.807, 2.05) is 24.0 Å². The summed E-state index contributed by atoms with van der Waals surface area (Å²) in [6, 6.07) is 6.49. The molecule has 0 fully saturated rings. The van der Waals surface area contributed by atoms with Crippen LogP contribution in [0.25, 0.3) is 0 Å². The monoisotopic (exact) mass is 229 g/mol. The Morgan fingerprint density at radius 2 is 2.12 bits per heavy atom. The fraction of sp³-hybridized carbons (Fsp3) is 0.357. The quantitative estimate of drug-likeness (QED) is 0.876. The minimum Gasteiger partial charge on any atom is -0.337 e. The van der Waals surface area contributed by atoms with Gasteiger partial charge in [-0.1, -0.05) is 23.8 Å². The third-order valence-electron chi connectivity index (χ3n) is 3.22. The molecule has 1 atom stereocenters. The normalized spacial score (nSPS) is 12.7. The third kappa shape index (κ3) is 2.24. The summed E-state index contributed by atoms with van der Waals surface area (Å²) >= 11 is 0. The Labute approximate surface area is 102 Å². The van der Waals surface area contributed by atoms with E-state index >= 15 is 0 Å². The molecule has 2 N–H and O–H groups in total. The Bertz CT molecular complexity index is 514. The zero-order chi connectivity index (χ0) is 12.4. The van der Waals surface area contributed by atoms with Crippen molar-refractivity contribution >= 4 is 0 Å². The topological polar surface area (TPSA) is 43.8 Å². The first kappa shape index (κ1) is 11.9. The maximum atomic E-state index is 5.93. The van der Waals surface area contributed by atoms with Gasteiger partial charge < -0.3 is 10.3 Å². The van der Waals surface area contributed by atoms with Crippen LogP contribution < -0.4 is 5.73 Å². The largest absolute Gasteiger partial charge is 0.337 e. The standard InChI is InChI=1S/C14H19N3/c1-10-4-5-11(2)12(8-10)13(9-15)14-16-6-7-17(14)3/h4-8,13H,9,15H2,1-3H3. The first-order valence-electron chi connectivity index (χ1n) is 5.88. The molecule has 2 aromatic rings. The summed E-state index contributed by atoms with van der Waals surface area (Å²) in [6.45, 7) is 4.81.